The van der Waals surface area contributed by atoms with E-state index >= 15 is 0 Å². The summed E-state index contributed by atoms with van der Waals surface area (Å²) in [4.78, 5) is 26.0. The van der Waals surface area contributed by atoms with E-state index in [1.165, 1.54) is 13.5 Å². The number of nitrogens with two attached hydrogens (primary N) is 1. The second-order valence-electron chi connectivity index (χ2n) is 8.02. The number of carbonyl (C=O) groups is 2. The number of methoxy groups -OCH3 is 1. The van der Waals surface area contributed by atoms with Crippen LogP contribution in [0.2, 0.25) is 10.0 Å². The summed E-state index contributed by atoms with van der Waals surface area (Å²) < 4.78 is 10.8. The smallest absolute Gasteiger partial charge is 0.258 e. The number of nitrogens with zero attached hydrogens (tertiary/aromatic N) is 1. The molecule has 1 aliphatic rings. The largest absolute Gasteiger partial charge is 0.493 e. The summed E-state index contributed by atoms with van der Waals surface area (Å²) >= 11 is 18.0. The first-order valence-corrected chi connectivity index (χ1v) is 12.1. The van der Waals surface area contributed by atoms with Gasteiger partial charge in [-0.2, -0.15) is 0 Å². The first-order chi connectivity index (χ1) is 16.3. The summed E-state index contributed by atoms with van der Waals surface area (Å²) in [7, 11) is 1.52. The maximum atomic E-state index is 12.9. The molecular weight excluding hydrogens is 497 g/mol. The number of rotatable bonds is 8. The average Bonchev–Trinajstić information content (AvgIpc) is 2.83. The third kappa shape index (κ3) is 6.74. The van der Waals surface area contributed by atoms with Crippen molar-refractivity contribution in [2.24, 2.45) is 5.73 Å². The maximum Gasteiger partial charge on any atom is 0.258 e. The van der Waals surface area contributed by atoms with E-state index in [9.17, 15) is 9.59 Å². The minimum Gasteiger partial charge on any atom is -0.493 e. The van der Waals surface area contributed by atoms with Crippen molar-refractivity contribution in [3.05, 3.63) is 57.6 Å². The molecule has 0 spiro atoms. The SMILES string of the molecule is COc1cc(CN(C(=S)NC(=O)c2cccc(Cl)c2Cl)C2CCCCC2)ccc1OCC(N)=O. The lowest BCUT2D eigenvalue weighted by Crippen LogP contribution is -2.48. The Morgan fingerprint density at radius 3 is 2.56 bits per heavy atom. The third-order valence-corrected chi connectivity index (χ3v) is 6.80. The quantitative estimate of drug-likeness (QED) is 0.486. The van der Waals surface area contributed by atoms with Crippen LogP contribution in [-0.2, 0) is 11.3 Å². The van der Waals surface area contributed by atoms with E-state index < -0.39 is 11.8 Å². The van der Waals surface area contributed by atoms with Crippen LogP contribution in [0.5, 0.6) is 11.5 Å². The average molecular weight is 524 g/mol. The van der Waals surface area contributed by atoms with Crippen molar-refractivity contribution in [3.63, 3.8) is 0 Å². The van der Waals surface area contributed by atoms with Crippen LogP contribution in [0, 0.1) is 0 Å². The topological polar surface area (TPSA) is 93.9 Å². The molecule has 0 saturated heterocycles. The van der Waals surface area contributed by atoms with E-state index in [0.29, 0.717) is 28.2 Å². The second-order valence-corrected chi connectivity index (χ2v) is 9.19. The molecule has 0 atom stereocenters. The third-order valence-electron chi connectivity index (χ3n) is 5.64. The Bertz CT molecular complexity index is 1060. The van der Waals surface area contributed by atoms with Crippen molar-refractivity contribution in [2.75, 3.05) is 13.7 Å². The summed E-state index contributed by atoms with van der Waals surface area (Å²) in [5.41, 5.74) is 6.34. The molecule has 0 aliphatic heterocycles. The van der Waals surface area contributed by atoms with Crippen molar-refractivity contribution >= 4 is 52.3 Å². The molecule has 2 aromatic carbocycles. The van der Waals surface area contributed by atoms with E-state index in [1.54, 1.807) is 24.3 Å². The first-order valence-electron chi connectivity index (χ1n) is 10.9. The molecule has 34 heavy (non-hydrogen) atoms. The number of amides is 2. The fourth-order valence-corrected chi connectivity index (χ4v) is 4.64. The molecule has 0 bridgehead atoms. The van der Waals surface area contributed by atoms with Crippen LogP contribution < -0.4 is 20.5 Å². The van der Waals surface area contributed by atoms with Crippen LogP contribution in [0.25, 0.3) is 0 Å². The van der Waals surface area contributed by atoms with Crippen LogP contribution in [0.15, 0.2) is 36.4 Å². The van der Waals surface area contributed by atoms with Crippen molar-refractivity contribution in [2.45, 2.75) is 44.7 Å². The summed E-state index contributed by atoms with van der Waals surface area (Å²) in [6, 6.07) is 10.5. The molecule has 7 nitrogen and oxygen atoms in total. The molecule has 10 heteroatoms. The molecule has 1 aliphatic carbocycles. The van der Waals surface area contributed by atoms with Gasteiger partial charge in [0.15, 0.2) is 23.2 Å². The molecule has 2 amide bonds. The minimum absolute atomic E-state index is 0.185. The monoisotopic (exact) mass is 523 g/mol. The Morgan fingerprint density at radius 1 is 1.15 bits per heavy atom. The lowest BCUT2D eigenvalue weighted by Gasteiger charge is -2.36. The van der Waals surface area contributed by atoms with Crippen LogP contribution in [0.3, 0.4) is 0 Å². The normalized spacial score (nSPS) is 13.7. The van der Waals surface area contributed by atoms with Gasteiger partial charge in [-0.25, -0.2) is 0 Å². The zero-order chi connectivity index (χ0) is 24.7. The number of ether oxygens (including phenoxy) is 2. The zero-order valence-corrected chi connectivity index (χ0v) is 21.1. The van der Waals surface area contributed by atoms with Gasteiger partial charge >= 0.3 is 0 Å². The summed E-state index contributed by atoms with van der Waals surface area (Å²) in [6.07, 6.45) is 5.33. The highest BCUT2D eigenvalue weighted by Gasteiger charge is 2.26. The highest BCUT2D eigenvalue weighted by molar-refractivity contribution is 7.80. The first kappa shape index (κ1) is 26.1. The number of hydrogen-bond donors (Lipinski definition) is 2. The van der Waals surface area contributed by atoms with E-state index in [4.69, 9.17) is 50.6 Å². The molecule has 0 aromatic heterocycles. The van der Waals surface area contributed by atoms with Gasteiger partial charge < -0.3 is 20.1 Å². The number of benzene rings is 2. The molecule has 0 heterocycles. The van der Waals surface area contributed by atoms with E-state index in [0.717, 1.165) is 31.2 Å². The van der Waals surface area contributed by atoms with Gasteiger partial charge in [0.25, 0.3) is 11.8 Å². The highest BCUT2D eigenvalue weighted by Crippen LogP contribution is 2.31. The number of halogens is 2. The van der Waals surface area contributed by atoms with Gasteiger partial charge in [-0.15, -0.1) is 0 Å². The van der Waals surface area contributed by atoms with Crippen molar-refractivity contribution in [1.29, 1.82) is 0 Å². The van der Waals surface area contributed by atoms with Crippen molar-refractivity contribution in [1.82, 2.24) is 10.2 Å². The fourth-order valence-electron chi connectivity index (χ4n) is 3.95. The van der Waals surface area contributed by atoms with Gasteiger partial charge in [0.05, 0.1) is 22.7 Å². The molecule has 3 N–H and O–H groups in total. The molecule has 182 valence electrons. The predicted octanol–water partition coefficient (Wildman–Crippen LogP) is 4.72. The van der Waals surface area contributed by atoms with Gasteiger partial charge in [0.2, 0.25) is 0 Å². The standard InChI is InChI=1S/C24H27Cl2N3O4S/c1-32-20-12-15(10-11-19(20)33-14-21(27)30)13-29(16-6-3-2-4-7-16)24(34)28-23(31)17-8-5-9-18(25)22(17)26/h5,8-12,16H,2-4,6-7,13-14H2,1H3,(H2,27,30)(H,28,31,34). The molecule has 2 aromatic rings. The zero-order valence-electron chi connectivity index (χ0n) is 18.8. The maximum absolute atomic E-state index is 12.9. The van der Waals surface area contributed by atoms with Gasteiger partial charge in [-0.05, 0) is 54.9 Å². The number of primary amides is 1. The van der Waals surface area contributed by atoms with E-state index in [2.05, 4.69) is 5.32 Å². The molecule has 0 unspecified atom stereocenters. The lowest BCUT2D eigenvalue weighted by atomic mass is 9.94. The molecular formula is C24H27Cl2N3O4S. The lowest BCUT2D eigenvalue weighted by molar-refractivity contribution is -0.119. The molecule has 3 rings (SSSR count). The van der Waals surface area contributed by atoms with Gasteiger partial charge in [0, 0.05) is 12.6 Å². The Balaban J connectivity index is 1.80. The Hall–Kier alpha value is -2.55. The molecule has 0 radical (unpaired) electrons. The second kappa shape index (κ2) is 12.2. The van der Waals surface area contributed by atoms with Crippen LogP contribution in [0.1, 0.15) is 48.0 Å². The Labute approximate surface area is 214 Å². The summed E-state index contributed by atoms with van der Waals surface area (Å²) in [5, 5.41) is 3.63. The highest BCUT2D eigenvalue weighted by atomic mass is 35.5. The minimum atomic E-state index is -0.574. The van der Waals surface area contributed by atoms with Crippen LogP contribution in [-0.4, -0.2) is 41.6 Å². The predicted molar refractivity (Wildman–Crippen MR) is 137 cm³/mol. The molecule has 1 saturated carbocycles. The summed E-state index contributed by atoms with van der Waals surface area (Å²) in [5.74, 6) is -0.0923. The number of hydrogen-bond acceptors (Lipinski definition) is 5. The van der Waals surface area contributed by atoms with Crippen LogP contribution in [0.4, 0.5) is 0 Å². The number of carbonyl (C=O) groups excluding carboxylic acids is 2. The number of thiocarbonyl (C=S) groups is 1. The van der Waals surface area contributed by atoms with Gasteiger partial charge in [0.1, 0.15) is 0 Å². The number of nitrogens with one attached hydrogen (secondary N) is 1. The fraction of sp³-hybridized carbons (Fsp3) is 0.375. The van der Waals surface area contributed by atoms with Crippen molar-refractivity contribution < 1.29 is 19.1 Å². The summed E-state index contributed by atoms with van der Waals surface area (Å²) in [6.45, 7) is 0.214. The van der Waals surface area contributed by atoms with Gasteiger partial charge in [-0.3, -0.25) is 14.9 Å². The van der Waals surface area contributed by atoms with Crippen molar-refractivity contribution in [3.8, 4) is 11.5 Å². The Kier molecular flexibility index (Phi) is 9.38. The van der Waals surface area contributed by atoms with E-state index in [1.807, 2.05) is 17.0 Å². The van der Waals surface area contributed by atoms with E-state index in [-0.39, 0.29) is 23.2 Å². The van der Waals surface area contributed by atoms with Crippen LogP contribution >= 0.6 is 35.4 Å². The Morgan fingerprint density at radius 2 is 1.88 bits per heavy atom. The molecule has 1 fully saturated rings. The van der Waals surface area contributed by atoms with Gasteiger partial charge in [-0.1, -0.05) is 54.6 Å².